The van der Waals surface area contributed by atoms with E-state index in [9.17, 15) is 4.79 Å². The molecule has 0 aromatic carbocycles. The molecule has 0 aromatic heterocycles. The van der Waals surface area contributed by atoms with Crippen molar-refractivity contribution < 1.29 is 9.53 Å². The first-order valence-corrected chi connectivity index (χ1v) is 12.0. The molecule has 0 aliphatic rings. The molecule has 162 valence electrons. The minimum atomic E-state index is -0.347. The first-order valence-electron chi connectivity index (χ1n) is 12.0. The fourth-order valence-electron chi connectivity index (χ4n) is 3.33. The highest BCUT2D eigenvalue weighted by Crippen LogP contribution is 2.27. The number of rotatable bonds is 18. The van der Waals surface area contributed by atoms with Gasteiger partial charge in [0, 0.05) is 0 Å². The molecule has 0 fully saturated rings. The summed E-state index contributed by atoms with van der Waals surface area (Å²) in [5.74, 6) is 0.351. The predicted molar refractivity (Wildman–Crippen MR) is 119 cm³/mol. The number of carbonyl (C=O) groups excluding carboxylic acids is 1. The fourth-order valence-corrected chi connectivity index (χ4v) is 3.33. The highest BCUT2D eigenvalue weighted by molar-refractivity contribution is 5.76. The summed E-state index contributed by atoms with van der Waals surface area (Å²) in [7, 11) is 0. The van der Waals surface area contributed by atoms with Gasteiger partial charge in [0.15, 0.2) is 0 Å². The Bertz CT molecular complexity index is 346. The van der Waals surface area contributed by atoms with Gasteiger partial charge in [0.25, 0.3) is 0 Å². The van der Waals surface area contributed by atoms with Gasteiger partial charge in [0.05, 0.1) is 5.41 Å². The Hall–Kier alpha value is -0.530. The van der Waals surface area contributed by atoms with Crippen LogP contribution in [0.25, 0.3) is 0 Å². The average molecular weight is 383 g/mol. The third-order valence-corrected chi connectivity index (χ3v) is 5.94. The van der Waals surface area contributed by atoms with Crippen LogP contribution in [0.2, 0.25) is 0 Å². The second-order valence-corrected chi connectivity index (χ2v) is 9.58. The standard InChI is InChI=1S/C25H50O2/c1-7-8-9-10-11-12-13-14-15-16-17-18-19-20-21-25(5,6)24(26)27-23(4)22(2)3/h22-23H,7-21H2,1-6H3. The van der Waals surface area contributed by atoms with E-state index in [0.717, 1.165) is 12.8 Å². The Morgan fingerprint density at radius 3 is 1.44 bits per heavy atom. The molecule has 0 amide bonds. The SMILES string of the molecule is CCCCCCCCCCCCCCCCC(C)(C)C(=O)OC(C)C(C)C. The molecule has 0 spiro atoms. The lowest BCUT2D eigenvalue weighted by Crippen LogP contribution is -2.31. The zero-order valence-electron chi connectivity index (χ0n) is 19.6. The summed E-state index contributed by atoms with van der Waals surface area (Å²) in [6, 6.07) is 0. The molecule has 0 saturated heterocycles. The van der Waals surface area contributed by atoms with E-state index in [1.165, 1.54) is 83.5 Å². The zero-order chi connectivity index (χ0) is 20.5. The van der Waals surface area contributed by atoms with E-state index in [1.807, 2.05) is 20.8 Å². The Morgan fingerprint density at radius 1 is 0.704 bits per heavy atom. The molecule has 0 bridgehead atoms. The molecule has 0 aliphatic heterocycles. The van der Waals surface area contributed by atoms with E-state index in [4.69, 9.17) is 4.74 Å². The molecule has 0 N–H and O–H groups in total. The van der Waals surface area contributed by atoms with Gasteiger partial charge in [0.1, 0.15) is 6.10 Å². The van der Waals surface area contributed by atoms with Crippen molar-refractivity contribution in [2.24, 2.45) is 11.3 Å². The Labute approximate surface area is 171 Å². The number of hydrogen-bond donors (Lipinski definition) is 0. The largest absolute Gasteiger partial charge is 0.462 e. The molecule has 0 aromatic rings. The predicted octanol–water partition coefficient (Wildman–Crippen LogP) is 8.47. The number of unbranched alkanes of at least 4 members (excludes halogenated alkanes) is 13. The molecule has 27 heavy (non-hydrogen) atoms. The van der Waals surface area contributed by atoms with Crippen molar-refractivity contribution in [1.29, 1.82) is 0 Å². The van der Waals surface area contributed by atoms with E-state index >= 15 is 0 Å². The van der Waals surface area contributed by atoms with Crippen molar-refractivity contribution in [2.75, 3.05) is 0 Å². The van der Waals surface area contributed by atoms with Gasteiger partial charge in [0.2, 0.25) is 0 Å². The minimum absolute atomic E-state index is 0.00751. The van der Waals surface area contributed by atoms with E-state index in [2.05, 4.69) is 20.8 Å². The van der Waals surface area contributed by atoms with Gasteiger partial charge in [-0.25, -0.2) is 0 Å². The van der Waals surface area contributed by atoms with E-state index < -0.39 is 0 Å². The van der Waals surface area contributed by atoms with Crippen molar-refractivity contribution >= 4 is 5.97 Å². The van der Waals surface area contributed by atoms with Gasteiger partial charge in [-0.3, -0.25) is 4.79 Å². The second kappa shape index (κ2) is 16.4. The third kappa shape index (κ3) is 15.1. The van der Waals surface area contributed by atoms with Gasteiger partial charge >= 0.3 is 5.97 Å². The average Bonchev–Trinajstić information content (AvgIpc) is 2.61. The molecule has 0 saturated carbocycles. The zero-order valence-corrected chi connectivity index (χ0v) is 19.6. The van der Waals surface area contributed by atoms with E-state index in [1.54, 1.807) is 0 Å². The smallest absolute Gasteiger partial charge is 0.311 e. The summed E-state index contributed by atoms with van der Waals surface area (Å²) in [6.45, 7) is 12.5. The minimum Gasteiger partial charge on any atom is -0.462 e. The molecule has 0 radical (unpaired) electrons. The van der Waals surface area contributed by atoms with Crippen LogP contribution in [0.4, 0.5) is 0 Å². The maximum absolute atomic E-state index is 12.3. The third-order valence-electron chi connectivity index (χ3n) is 5.94. The van der Waals surface area contributed by atoms with Crippen LogP contribution in [-0.4, -0.2) is 12.1 Å². The molecule has 1 atom stereocenters. The molecule has 0 aliphatic carbocycles. The quantitative estimate of drug-likeness (QED) is 0.175. The van der Waals surface area contributed by atoms with Crippen molar-refractivity contribution in [1.82, 2.24) is 0 Å². The van der Waals surface area contributed by atoms with Crippen LogP contribution < -0.4 is 0 Å². The highest BCUT2D eigenvalue weighted by Gasteiger charge is 2.30. The van der Waals surface area contributed by atoms with Crippen LogP contribution in [0.15, 0.2) is 0 Å². The highest BCUT2D eigenvalue weighted by atomic mass is 16.5. The Balaban J connectivity index is 3.51. The van der Waals surface area contributed by atoms with Crippen LogP contribution in [0, 0.1) is 11.3 Å². The molecule has 2 nitrogen and oxygen atoms in total. The van der Waals surface area contributed by atoms with Gasteiger partial charge in [-0.15, -0.1) is 0 Å². The van der Waals surface area contributed by atoms with Crippen LogP contribution >= 0.6 is 0 Å². The van der Waals surface area contributed by atoms with Crippen molar-refractivity contribution in [2.45, 2.75) is 144 Å². The summed E-state index contributed by atoms with van der Waals surface area (Å²) < 4.78 is 5.61. The Kier molecular flexibility index (Phi) is 16.1. The molecular weight excluding hydrogens is 332 g/mol. The van der Waals surface area contributed by atoms with Crippen LogP contribution in [0.5, 0.6) is 0 Å². The van der Waals surface area contributed by atoms with Gasteiger partial charge in [-0.1, -0.05) is 111 Å². The van der Waals surface area contributed by atoms with E-state index in [-0.39, 0.29) is 17.5 Å². The summed E-state index contributed by atoms with van der Waals surface area (Å²) in [4.78, 5) is 12.3. The monoisotopic (exact) mass is 382 g/mol. The first-order chi connectivity index (χ1) is 12.8. The topological polar surface area (TPSA) is 26.3 Å². The maximum atomic E-state index is 12.3. The number of carbonyl (C=O) groups is 1. The van der Waals surface area contributed by atoms with Crippen LogP contribution in [0.3, 0.4) is 0 Å². The molecule has 1 unspecified atom stereocenters. The number of ether oxygens (including phenoxy) is 1. The van der Waals surface area contributed by atoms with Crippen LogP contribution in [-0.2, 0) is 9.53 Å². The van der Waals surface area contributed by atoms with Gasteiger partial charge in [-0.05, 0) is 33.1 Å². The molecule has 0 heterocycles. The van der Waals surface area contributed by atoms with Gasteiger partial charge < -0.3 is 4.74 Å². The number of esters is 1. The molecule has 0 rings (SSSR count). The second-order valence-electron chi connectivity index (χ2n) is 9.58. The number of hydrogen-bond acceptors (Lipinski definition) is 2. The van der Waals surface area contributed by atoms with Gasteiger partial charge in [-0.2, -0.15) is 0 Å². The Morgan fingerprint density at radius 2 is 1.07 bits per heavy atom. The summed E-state index contributed by atoms with van der Waals surface area (Å²) in [5.41, 5.74) is -0.347. The lowest BCUT2D eigenvalue weighted by Gasteiger charge is -2.26. The molecule has 2 heteroatoms. The summed E-state index contributed by atoms with van der Waals surface area (Å²) >= 11 is 0. The molecular formula is C25H50O2. The normalized spacial score (nSPS) is 13.1. The van der Waals surface area contributed by atoms with Crippen molar-refractivity contribution in [3.8, 4) is 0 Å². The van der Waals surface area contributed by atoms with Crippen LogP contribution in [0.1, 0.15) is 138 Å². The fraction of sp³-hybridized carbons (Fsp3) is 0.960. The maximum Gasteiger partial charge on any atom is 0.311 e. The first kappa shape index (κ1) is 26.5. The van der Waals surface area contributed by atoms with Crippen molar-refractivity contribution in [3.63, 3.8) is 0 Å². The summed E-state index contributed by atoms with van der Waals surface area (Å²) in [6.07, 6.45) is 20.1. The van der Waals surface area contributed by atoms with Crippen molar-refractivity contribution in [3.05, 3.63) is 0 Å². The lowest BCUT2D eigenvalue weighted by molar-refractivity contribution is -0.161. The summed E-state index contributed by atoms with van der Waals surface area (Å²) in [5, 5.41) is 0. The lowest BCUT2D eigenvalue weighted by atomic mass is 9.86. The van der Waals surface area contributed by atoms with E-state index in [0.29, 0.717) is 5.92 Å².